The van der Waals surface area contributed by atoms with Crippen molar-refractivity contribution in [1.82, 2.24) is 0 Å². The number of hydrogen-bond acceptors (Lipinski definition) is 6. The van der Waals surface area contributed by atoms with E-state index in [1.807, 2.05) is 6.92 Å². The molecule has 6 nitrogen and oxygen atoms in total. The summed E-state index contributed by atoms with van der Waals surface area (Å²) in [5.41, 5.74) is -7.91. The molecule has 0 spiro atoms. The maximum absolute atomic E-state index is 14.8. The molecule has 0 bridgehead atoms. The third kappa shape index (κ3) is 16.4. The lowest BCUT2D eigenvalue weighted by Crippen LogP contribution is -2.53. The van der Waals surface area contributed by atoms with Crippen molar-refractivity contribution in [2.24, 2.45) is 0 Å². The molecule has 336 valence electrons. The number of carbonyl (C=O) groups excluding carboxylic acids is 2. The third-order valence-electron chi connectivity index (χ3n) is 11.2. The predicted octanol–water partition coefficient (Wildman–Crippen LogP) is 14.0. The van der Waals surface area contributed by atoms with E-state index in [4.69, 9.17) is 18.9 Å². The average molecular weight is 845 g/mol. The van der Waals surface area contributed by atoms with Gasteiger partial charge in [-0.2, -0.15) is 26.3 Å². The summed E-state index contributed by atoms with van der Waals surface area (Å²) in [7, 11) is 1.54. The van der Waals surface area contributed by atoms with Crippen LogP contribution in [0.4, 0.5) is 26.3 Å². The smallest absolute Gasteiger partial charge is 0.432 e. The van der Waals surface area contributed by atoms with E-state index < -0.39 is 58.8 Å². The van der Waals surface area contributed by atoms with E-state index in [0.717, 1.165) is 70.6 Å². The minimum Gasteiger partial charge on any atom is -0.460 e. The second kappa shape index (κ2) is 27.7. The molecule has 2 unspecified atom stereocenters. The zero-order valence-corrected chi connectivity index (χ0v) is 35.9. The molecule has 59 heavy (non-hydrogen) atoms. The second-order valence-electron chi connectivity index (χ2n) is 15.7. The molecule has 2 rings (SSSR count). The molecule has 0 radical (unpaired) electrons. The molecular weight excluding hydrogens is 774 g/mol. The summed E-state index contributed by atoms with van der Waals surface area (Å²) in [6.45, 7) is 4.15. The van der Waals surface area contributed by atoms with Crippen LogP contribution in [0.2, 0.25) is 0 Å². The summed E-state index contributed by atoms with van der Waals surface area (Å²) >= 11 is 0. The van der Waals surface area contributed by atoms with Crippen LogP contribution >= 0.6 is 0 Å². The molecule has 2 aromatic rings. The lowest BCUT2D eigenvalue weighted by molar-refractivity contribution is -0.279. The maximum atomic E-state index is 14.8. The molecule has 4 atom stereocenters. The van der Waals surface area contributed by atoms with Crippen LogP contribution < -0.4 is 0 Å². The van der Waals surface area contributed by atoms with E-state index in [1.54, 1.807) is 0 Å². The maximum Gasteiger partial charge on any atom is 0.432 e. The van der Waals surface area contributed by atoms with Crippen LogP contribution in [0, 0.1) is 0 Å². The van der Waals surface area contributed by atoms with Crippen LogP contribution in [0.3, 0.4) is 0 Å². The molecule has 0 saturated heterocycles. The Morgan fingerprint density at radius 3 is 1.02 bits per heavy atom. The normalized spacial score (nSPS) is 15.2. The molecule has 0 amide bonds. The van der Waals surface area contributed by atoms with Gasteiger partial charge in [0.1, 0.15) is 12.2 Å². The van der Waals surface area contributed by atoms with Crippen LogP contribution in [0.15, 0.2) is 60.7 Å². The van der Waals surface area contributed by atoms with Gasteiger partial charge in [0.2, 0.25) is 0 Å². The quantitative estimate of drug-likeness (QED) is 0.0415. The van der Waals surface area contributed by atoms with Crippen LogP contribution in [-0.4, -0.2) is 50.7 Å². The van der Waals surface area contributed by atoms with Crippen LogP contribution in [0.5, 0.6) is 0 Å². The standard InChI is InChI=1S/C47H70F6O6/c1-5-7-9-10-11-12-13-14-15-16-17-18-19-20-21-22-30-36-41(59-43(55)45(57-4,47(51,52)53)39-33-28-24-29-34-39)37-40(35-25-8-6-2)58-42(54)44(56-3,46(48,49)50)38-31-26-23-27-32-38/h23-24,26-29,31-34,40-41H,5-22,25,30,35-37H2,1-4H3/t40-,41-,44?,45?/m1/s1. The molecule has 0 saturated carbocycles. The average Bonchev–Trinajstić information content (AvgIpc) is 3.19. The van der Waals surface area contributed by atoms with Gasteiger partial charge in [-0.1, -0.05) is 190 Å². The van der Waals surface area contributed by atoms with Gasteiger partial charge in [-0.3, -0.25) is 0 Å². The van der Waals surface area contributed by atoms with Crippen molar-refractivity contribution in [3.05, 3.63) is 71.8 Å². The highest BCUT2D eigenvalue weighted by atomic mass is 19.4. The molecule has 0 heterocycles. The number of esters is 2. The summed E-state index contributed by atoms with van der Waals surface area (Å²) in [5.74, 6) is -3.42. The summed E-state index contributed by atoms with van der Waals surface area (Å²) in [5, 5.41) is 0. The summed E-state index contributed by atoms with van der Waals surface area (Å²) in [6.07, 6.45) is 8.13. The number of hydrogen-bond donors (Lipinski definition) is 0. The van der Waals surface area contributed by atoms with Crippen molar-refractivity contribution >= 4 is 11.9 Å². The van der Waals surface area contributed by atoms with Crippen LogP contribution in [-0.2, 0) is 39.7 Å². The fraction of sp³-hybridized carbons (Fsp3) is 0.702. The van der Waals surface area contributed by atoms with Gasteiger partial charge < -0.3 is 18.9 Å². The number of benzene rings is 2. The minimum atomic E-state index is -5.23. The van der Waals surface area contributed by atoms with Gasteiger partial charge in [-0.05, 0) is 25.7 Å². The molecule has 0 aliphatic heterocycles. The number of halogens is 6. The van der Waals surface area contributed by atoms with Gasteiger partial charge >= 0.3 is 24.3 Å². The molecule has 12 heteroatoms. The van der Waals surface area contributed by atoms with E-state index in [0.29, 0.717) is 25.7 Å². The lowest BCUT2D eigenvalue weighted by Gasteiger charge is -2.35. The van der Waals surface area contributed by atoms with Gasteiger partial charge in [-0.25, -0.2) is 9.59 Å². The topological polar surface area (TPSA) is 71.1 Å². The third-order valence-corrected chi connectivity index (χ3v) is 11.2. The van der Waals surface area contributed by atoms with E-state index in [9.17, 15) is 35.9 Å². The summed E-state index contributed by atoms with van der Waals surface area (Å²) in [4.78, 5) is 27.5. The van der Waals surface area contributed by atoms with E-state index in [2.05, 4.69) is 6.92 Å². The molecular formula is C47H70F6O6. The number of methoxy groups -OCH3 is 2. The summed E-state index contributed by atoms with van der Waals surface area (Å²) < 4.78 is 110. The molecule has 0 aliphatic carbocycles. The predicted molar refractivity (Wildman–Crippen MR) is 220 cm³/mol. The van der Waals surface area contributed by atoms with Crippen LogP contribution in [0.25, 0.3) is 0 Å². The molecule has 0 fully saturated rings. The molecule has 0 aliphatic rings. The highest BCUT2D eigenvalue weighted by Crippen LogP contribution is 2.45. The van der Waals surface area contributed by atoms with Crippen LogP contribution in [0.1, 0.15) is 173 Å². The zero-order chi connectivity index (χ0) is 43.6. The van der Waals surface area contributed by atoms with Crippen molar-refractivity contribution in [2.75, 3.05) is 14.2 Å². The largest absolute Gasteiger partial charge is 0.460 e. The first-order valence-electron chi connectivity index (χ1n) is 22.0. The number of rotatable bonds is 32. The number of alkyl halides is 6. The highest BCUT2D eigenvalue weighted by molar-refractivity contribution is 5.83. The number of carbonyl (C=O) groups is 2. The second-order valence-corrected chi connectivity index (χ2v) is 15.7. The van der Waals surface area contributed by atoms with Gasteiger partial charge in [0.15, 0.2) is 0 Å². The van der Waals surface area contributed by atoms with Gasteiger partial charge in [0.25, 0.3) is 11.2 Å². The van der Waals surface area contributed by atoms with E-state index >= 15 is 0 Å². The van der Waals surface area contributed by atoms with Crippen molar-refractivity contribution in [3.8, 4) is 0 Å². The highest BCUT2D eigenvalue weighted by Gasteiger charge is 2.65. The Labute approximate surface area is 349 Å². The Hall–Kier alpha value is -3.12. The fourth-order valence-corrected chi connectivity index (χ4v) is 7.70. The lowest BCUT2D eigenvalue weighted by atomic mass is 9.92. The first kappa shape index (κ1) is 52.0. The van der Waals surface area contributed by atoms with Crippen molar-refractivity contribution in [2.45, 2.75) is 197 Å². The summed E-state index contributed by atoms with van der Waals surface area (Å²) in [6, 6.07) is 12.8. The fourth-order valence-electron chi connectivity index (χ4n) is 7.70. The molecule has 0 aromatic heterocycles. The SMILES string of the molecule is CCCCCCCCCCCCCCCCCCC[C@H](C[C@@H](CCCCC)OC(=O)C(OC)(c1ccccc1)C(F)(F)F)OC(=O)C(OC)(c1ccccc1)C(F)(F)F. The number of ether oxygens (including phenoxy) is 4. The Balaban J connectivity index is 2.18. The van der Waals surface area contributed by atoms with Crippen molar-refractivity contribution in [1.29, 1.82) is 0 Å². The van der Waals surface area contributed by atoms with Gasteiger partial charge in [0, 0.05) is 31.8 Å². The Bertz CT molecular complexity index is 1410. The number of unbranched alkanes of at least 4 members (excludes halogenated alkanes) is 18. The molecule has 2 aromatic carbocycles. The van der Waals surface area contributed by atoms with Crippen molar-refractivity contribution in [3.63, 3.8) is 0 Å². The Kier molecular flexibility index (Phi) is 24.4. The van der Waals surface area contributed by atoms with E-state index in [-0.39, 0.29) is 19.3 Å². The van der Waals surface area contributed by atoms with Crippen molar-refractivity contribution < 1.29 is 54.9 Å². The van der Waals surface area contributed by atoms with E-state index in [1.165, 1.54) is 107 Å². The zero-order valence-electron chi connectivity index (χ0n) is 35.9. The monoisotopic (exact) mass is 845 g/mol. The Morgan fingerprint density at radius 2 is 0.729 bits per heavy atom. The Morgan fingerprint density at radius 1 is 0.458 bits per heavy atom. The van der Waals surface area contributed by atoms with Gasteiger partial charge in [-0.15, -0.1) is 0 Å². The molecule has 0 N–H and O–H groups in total. The first-order valence-corrected chi connectivity index (χ1v) is 22.0. The first-order chi connectivity index (χ1) is 28.2. The minimum absolute atomic E-state index is 0.0898. The van der Waals surface area contributed by atoms with Gasteiger partial charge in [0.05, 0.1) is 0 Å².